The van der Waals surface area contributed by atoms with Crippen molar-refractivity contribution in [2.24, 2.45) is 5.73 Å². The Morgan fingerprint density at radius 1 is 1.60 bits per heavy atom. The van der Waals surface area contributed by atoms with Gasteiger partial charge < -0.3 is 5.73 Å². The molecule has 82 valence electrons. The third-order valence-electron chi connectivity index (χ3n) is 3.28. The smallest absolute Gasteiger partial charge is 0.0466 e. The zero-order chi connectivity index (χ0) is 10.7. The van der Waals surface area contributed by atoms with Crippen LogP contribution in [0.3, 0.4) is 0 Å². The predicted molar refractivity (Wildman–Crippen MR) is 62.8 cm³/mol. The molecule has 0 saturated carbocycles. The fraction of sp³-hybridized carbons (Fsp3) is 0.615. The molecule has 0 spiro atoms. The number of pyridine rings is 1. The molecule has 0 radical (unpaired) electrons. The van der Waals surface area contributed by atoms with Gasteiger partial charge in [0.15, 0.2) is 0 Å². The maximum Gasteiger partial charge on any atom is 0.0466 e. The number of hydrogen-bond acceptors (Lipinski definition) is 2. The minimum absolute atomic E-state index is 0.319. The van der Waals surface area contributed by atoms with Crippen molar-refractivity contribution in [3.8, 4) is 0 Å². The number of rotatable bonds is 3. The van der Waals surface area contributed by atoms with E-state index in [4.69, 9.17) is 5.73 Å². The third-order valence-corrected chi connectivity index (χ3v) is 3.28. The molecule has 1 aliphatic carbocycles. The molecule has 2 unspecified atom stereocenters. The molecule has 1 heterocycles. The van der Waals surface area contributed by atoms with Crippen LogP contribution in [0.4, 0.5) is 0 Å². The Labute approximate surface area is 91.9 Å². The van der Waals surface area contributed by atoms with Crippen LogP contribution in [0.15, 0.2) is 18.3 Å². The first-order valence-corrected chi connectivity index (χ1v) is 5.96. The third kappa shape index (κ3) is 2.57. The summed E-state index contributed by atoms with van der Waals surface area (Å²) in [6, 6.07) is 4.59. The van der Waals surface area contributed by atoms with Crippen molar-refractivity contribution in [3.63, 3.8) is 0 Å². The van der Waals surface area contributed by atoms with E-state index >= 15 is 0 Å². The van der Waals surface area contributed by atoms with E-state index in [9.17, 15) is 0 Å². The number of hydrogen-bond donors (Lipinski definition) is 1. The molecule has 2 nitrogen and oxygen atoms in total. The molecule has 1 aliphatic rings. The summed E-state index contributed by atoms with van der Waals surface area (Å²) in [6.07, 6.45) is 8.03. The van der Waals surface area contributed by atoms with E-state index in [-0.39, 0.29) is 0 Å². The summed E-state index contributed by atoms with van der Waals surface area (Å²) in [5.41, 5.74) is 8.60. The zero-order valence-electron chi connectivity index (χ0n) is 9.45. The van der Waals surface area contributed by atoms with Crippen LogP contribution >= 0.6 is 0 Å². The van der Waals surface area contributed by atoms with E-state index in [1.54, 1.807) is 0 Å². The van der Waals surface area contributed by atoms with Gasteiger partial charge in [0.25, 0.3) is 0 Å². The Morgan fingerprint density at radius 3 is 3.27 bits per heavy atom. The van der Waals surface area contributed by atoms with Crippen LogP contribution in [0.1, 0.15) is 49.8 Å². The topological polar surface area (TPSA) is 38.9 Å². The van der Waals surface area contributed by atoms with Crippen LogP contribution in [-0.2, 0) is 6.42 Å². The van der Waals surface area contributed by atoms with E-state index in [1.165, 1.54) is 36.9 Å². The van der Waals surface area contributed by atoms with Crippen molar-refractivity contribution in [3.05, 3.63) is 29.6 Å². The molecule has 0 bridgehead atoms. The maximum absolute atomic E-state index is 5.81. The van der Waals surface area contributed by atoms with E-state index in [2.05, 4.69) is 18.0 Å². The van der Waals surface area contributed by atoms with Crippen molar-refractivity contribution in [1.82, 2.24) is 4.98 Å². The number of nitrogens with two attached hydrogens (primary N) is 1. The van der Waals surface area contributed by atoms with Crippen molar-refractivity contribution in [1.29, 1.82) is 0 Å². The second-order valence-corrected chi connectivity index (χ2v) is 4.69. The molecule has 1 aromatic heterocycles. The molecular weight excluding hydrogens is 184 g/mol. The highest BCUT2D eigenvalue weighted by Crippen LogP contribution is 2.33. The molecule has 0 aliphatic heterocycles. The second-order valence-electron chi connectivity index (χ2n) is 4.69. The number of nitrogens with zero attached hydrogens (tertiary/aromatic N) is 1. The molecule has 2 N–H and O–H groups in total. The van der Waals surface area contributed by atoms with Crippen LogP contribution < -0.4 is 5.73 Å². The van der Waals surface area contributed by atoms with Gasteiger partial charge in [-0.05, 0) is 50.7 Å². The summed E-state index contributed by atoms with van der Waals surface area (Å²) >= 11 is 0. The Hall–Kier alpha value is -0.890. The Bertz CT molecular complexity index is 320. The fourth-order valence-electron chi connectivity index (χ4n) is 2.45. The van der Waals surface area contributed by atoms with E-state index < -0.39 is 0 Å². The first-order chi connectivity index (χ1) is 7.27. The molecule has 2 atom stereocenters. The molecule has 1 aromatic rings. The minimum Gasteiger partial charge on any atom is -0.328 e. The van der Waals surface area contributed by atoms with Crippen molar-refractivity contribution in [2.45, 2.75) is 51.0 Å². The van der Waals surface area contributed by atoms with E-state index in [0.29, 0.717) is 12.0 Å². The lowest BCUT2D eigenvalue weighted by Gasteiger charge is -2.24. The number of fused-ring (bicyclic) bond motifs is 1. The zero-order valence-corrected chi connectivity index (χ0v) is 9.45. The van der Waals surface area contributed by atoms with Gasteiger partial charge in [0.2, 0.25) is 0 Å². The van der Waals surface area contributed by atoms with Crippen molar-refractivity contribution in [2.75, 3.05) is 0 Å². The van der Waals surface area contributed by atoms with Crippen molar-refractivity contribution < 1.29 is 0 Å². The predicted octanol–water partition coefficient (Wildman–Crippen LogP) is 2.63. The number of aromatic nitrogens is 1. The Kier molecular flexibility index (Phi) is 3.37. The fourth-order valence-corrected chi connectivity index (χ4v) is 2.45. The van der Waals surface area contributed by atoms with Gasteiger partial charge in [-0.15, -0.1) is 0 Å². The molecule has 0 aromatic carbocycles. The molecule has 0 amide bonds. The lowest BCUT2D eigenvalue weighted by Crippen LogP contribution is -2.18. The summed E-state index contributed by atoms with van der Waals surface area (Å²) in [7, 11) is 0. The van der Waals surface area contributed by atoms with Gasteiger partial charge in [-0.2, -0.15) is 0 Å². The lowest BCUT2D eigenvalue weighted by atomic mass is 9.83. The minimum atomic E-state index is 0.319. The normalized spacial score (nSPS) is 22.1. The van der Waals surface area contributed by atoms with E-state index in [0.717, 1.165) is 6.42 Å². The first-order valence-electron chi connectivity index (χ1n) is 5.96. The van der Waals surface area contributed by atoms with Gasteiger partial charge in [-0.1, -0.05) is 6.07 Å². The maximum atomic E-state index is 5.81. The van der Waals surface area contributed by atoms with Gasteiger partial charge in [-0.3, -0.25) is 4.98 Å². The molecule has 15 heavy (non-hydrogen) atoms. The highest BCUT2D eigenvalue weighted by Gasteiger charge is 2.20. The SMILES string of the molecule is CC(N)CCC1CCCc2cccnc21. The van der Waals surface area contributed by atoms with Crippen LogP contribution in [-0.4, -0.2) is 11.0 Å². The lowest BCUT2D eigenvalue weighted by molar-refractivity contribution is 0.471. The largest absolute Gasteiger partial charge is 0.328 e. The van der Waals surface area contributed by atoms with Gasteiger partial charge in [0, 0.05) is 23.9 Å². The quantitative estimate of drug-likeness (QED) is 0.822. The summed E-state index contributed by atoms with van der Waals surface area (Å²) in [4.78, 5) is 4.54. The van der Waals surface area contributed by atoms with Gasteiger partial charge in [0.1, 0.15) is 0 Å². The summed E-state index contributed by atoms with van der Waals surface area (Å²) in [5.74, 6) is 0.654. The summed E-state index contributed by atoms with van der Waals surface area (Å²) in [5, 5.41) is 0. The Balaban J connectivity index is 2.08. The molecule has 2 heteroatoms. The molecular formula is C13H20N2. The first kappa shape index (κ1) is 10.6. The highest BCUT2D eigenvalue weighted by molar-refractivity contribution is 5.25. The summed E-state index contributed by atoms with van der Waals surface area (Å²) in [6.45, 7) is 2.09. The van der Waals surface area contributed by atoms with Crippen LogP contribution in [0.2, 0.25) is 0 Å². The van der Waals surface area contributed by atoms with E-state index in [1.807, 2.05) is 12.3 Å². The van der Waals surface area contributed by atoms with Crippen LogP contribution in [0.25, 0.3) is 0 Å². The van der Waals surface area contributed by atoms with Gasteiger partial charge in [-0.25, -0.2) is 0 Å². The monoisotopic (exact) mass is 204 g/mol. The van der Waals surface area contributed by atoms with Crippen LogP contribution in [0.5, 0.6) is 0 Å². The molecule has 2 rings (SSSR count). The average Bonchev–Trinajstić information content (AvgIpc) is 2.26. The van der Waals surface area contributed by atoms with Gasteiger partial charge in [0.05, 0.1) is 0 Å². The van der Waals surface area contributed by atoms with Crippen LogP contribution in [0, 0.1) is 0 Å². The van der Waals surface area contributed by atoms with Crippen molar-refractivity contribution >= 4 is 0 Å². The molecule has 0 saturated heterocycles. The standard InChI is InChI=1S/C13H20N2/c1-10(14)7-8-12-5-2-4-11-6-3-9-15-13(11)12/h3,6,9-10,12H,2,4-5,7-8,14H2,1H3. The summed E-state index contributed by atoms with van der Waals surface area (Å²) < 4.78 is 0. The second kappa shape index (κ2) is 4.75. The molecule has 0 fully saturated rings. The van der Waals surface area contributed by atoms with Gasteiger partial charge >= 0.3 is 0 Å². The average molecular weight is 204 g/mol. The number of aryl methyl sites for hydroxylation is 1. The Morgan fingerprint density at radius 2 is 2.47 bits per heavy atom. The highest BCUT2D eigenvalue weighted by atomic mass is 14.7.